The zero-order valence-corrected chi connectivity index (χ0v) is 11.7. The number of likely N-dealkylation sites (N-methyl/N-ethyl adjacent to an activating group) is 1. The SMILES string of the molecule is C[N+]12CC(=O)O[B-]1(c1cc3ccccc3s1)OC(=O)C2. The molecule has 1 aromatic carbocycles. The van der Waals surface area contributed by atoms with E-state index in [0.717, 1.165) is 14.9 Å². The van der Waals surface area contributed by atoms with E-state index in [2.05, 4.69) is 0 Å². The van der Waals surface area contributed by atoms with Crippen LogP contribution in [0.3, 0.4) is 0 Å². The molecular weight excluding hydrogens is 277 g/mol. The first-order valence-corrected chi connectivity index (χ1v) is 7.25. The Morgan fingerprint density at radius 1 is 1.15 bits per heavy atom. The van der Waals surface area contributed by atoms with E-state index in [1.54, 1.807) is 0 Å². The molecule has 4 rings (SSSR count). The van der Waals surface area contributed by atoms with Crippen LogP contribution in [0.1, 0.15) is 0 Å². The van der Waals surface area contributed by atoms with Crippen molar-refractivity contribution in [2.45, 2.75) is 0 Å². The van der Waals surface area contributed by atoms with E-state index in [-0.39, 0.29) is 29.4 Å². The van der Waals surface area contributed by atoms with E-state index in [9.17, 15) is 9.59 Å². The average Bonchev–Trinajstić information content (AvgIpc) is 2.95. The fraction of sp³-hybridized carbons (Fsp3) is 0.231. The van der Waals surface area contributed by atoms with Gasteiger partial charge in [-0.3, -0.25) is 9.59 Å². The summed E-state index contributed by atoms with van der Waals surface area (Å²) >= 11 is 1.52. The monoisotopic (exact) mass is 289 g/mol. The van der Waals surface area contributed by atoms with Crippen LogP contribution in [0, 0.1) is 0 Å². The summed E-state index contributed by atoms with van der Waals surface area (Å²) in [5, 5.41) is 1.07. The fourth-order valence-corrected chi connectivity index (χ4v) is 4.53. The van der Waals surface area contributed by atoms with Crippen molar-refractivity contribution in [1.82, 2.24) is 0 Å². The lowest BCUT2D eigenvalue weighted by Crippen LogP contribution is -2.66. The van der Waals surface area contributed by atoms with Crippen molar-refractivity contribution in [2.75, 3.05) is 20.1 Å². The molecule has 2 aliphatic heterocycles. The quantitative estimate of drug-likeness (QED) is 0.722. The van der Waals surface area contributed by atoms with Crippen molar-refractivity contribution in [1.29, 1.82) is 0 Å². The molecule has 7 heteroatoms. The summed E-state index contributed by atoms with van der Waals surface area (Å²) in [6.07, 6.45) is 0. The highest BCUT2D eigenvalue weighted by molar-refractivity contribution is 7.29. The number of carbonyl (C=O) groups is 2. The largest absolute Gasteiger partial charge is 0.624 e. The van der Waals surface area contributed by atoms with E-state index in [1.165, 1.54) is 11.3 Å². The topological polar surface area (TPSA) is 52.6 Å². The van der Waals surface area contributed by atoms with Crippen molar-refractivity contribution < 1.29 is 23.3 Å². The molecule has 1 aromatic heterocycles. The molecule has 0 unspecified atom stereocenters. The minimum Gasteiger partial charge on any atom is -0.596 e. The Morgan fingerprint density at radius 3 is 2.45 bits per heavy atom. The van der Waals surface area contributed by atoms with Crippen LogP contribution in [0.2, 0.25) is 0 Å². The van der Waals surface area contributed by atoms with Crippen LogP contribution in [-0.4, -0.2) is 43.2 Å². The van der Waals surface area contributed by atoms with Crippen LogP contribution in [0.15, 0.2) is 30.3 Å². The molecule has 0 saturated carbocycles. The zero-order valence-electron chi connectivity index (χ0n) is 10.9. The van der Waals surface area contributed by atoms with Crippen LogP contribution >= 0.6 is 11.3 Å². The molecule has 0 amide bonds. The van der Waals surface area contributed by atoms with E-state index in [0.29, 0.717) is 0 Å². The number of quaternary nitrogens is 1. The van der Waals surface area contributed by atoms with Gasteiger partial charge in [0.05, 0.1) is 0 Å². The van der Waals surface area contributed by atoms with Gasteiger partial charge in [0.2, 0.25) is 0 Å². The van der Waals surface area contributed by atoms with Gasteiger partial charge in [0, 0.05) is 16.5 Å². The number of fused-ring (bicyclic) bond motifs is 2. The molecule has 0 spiro atoms. The Balaban J connectivity index is 1.94. The normalized spacial score (nSPS) is 32.2. The van der Waals surface area contributed by atoms with E-state index in [4.69, 9.17) is 9.31 Å². The van der Waals surface area contributed by atoms with E-state index in [1.807, 2.05) is 37.4 Å². The Hall–Kier alpha value is -1.86. The molecule has 0 bridgehead atoms. The summed E-state index contributed by atoms with van der Waals surface area (Å²) in [5.41, 5.74) is 0. The second kappa shape index (κ2) is 3.62. The Bertz CT molecular complexity index is 703. The van der Waals surface area contributed by atoms with E-state index < -0.39 is 6.69 Å². The van der Waals surface area contributed by atoms with Crippen LogP contribution < -0.4 is 4.78 Å². The van der Waals surface area contributed by atoms with Crippen molar-refractivity contribution >= 4 is 44.8 Å². The van der Waals surface area contributed by atoms with Gasteiger partial charge in [-0.2, -0.15) is 11.3 Å². The van der Waals surface area contributed by atoms with Gasteiger partial charge >= 0.3 is 18.6 Å². The molecule has 20 heavy (non-hydrogen) atoms. The lowest BCUT2D eigenvalue weighted by atomic mass is 9.67. The number of thiophene rings is 1. The maximum absolute atomic E-state index is 11.8. The third kappa shape index (κ3) is 1.36. The summed E-state index contributed by atoms with van der Waals surface area (Å²) in [4.78, 5) is 23.5. The van der Waals surface area contributed by atoms with Crippen molar-refractivity contribution in [2.24, 2.45) is 0 Å². The number of benzene rings is 1. The Kier molecular flexibility index (Phi) is 2.16. The third-order valence-corrected chi connectivity index (χ3v) is 5.43. The number of hydrogen-bond acceptors (Lipinski definition) is 5. The average molecular weight is 289 g/mol. The molecule has 3 heterocycles. The van der Waals surface area contributed by atoms with Crippen LogP contribution in [0.25, 0.3) is 10.1 Å². The second-order valence-corrected chi connectivity index (χ2v) is 6.75. The first-order valence-electron chi connectivity index (χ1n) is 6.43. The summed E-state index contributed by atoms with van der Waals surface area (Å²) in [6, 6.07) is 9.89. The van der Waals surface area contributed by atoms with Gasteiger partial charge in [-0.15, -0.1) is 0 Å². The predicted octanol–water partition coefficient (Wildman–Crippen LogP) is 0.607. The van der Waals surface area contributed by atoms with Gasteiger partial charge < -0.3 is 13.7 Å². The summed E-state index contributed by atoms with van der Waals surface area (Å²) in [7, 11) is 1.85. The predicted molar refractivity (Wildman–Crippen MR) is 75.3 cm³/mol. The van der Waals surface area contributed by atoms with Crippen molar-refractivity contribution in [3.05, 3.63) is 30.3 Å². The Labute approximate surface area is 119 Å². The van der Waals surface area contributed by atoms with Crippen LogP contribution in [-0.2, 0) is 18.9 Å². The molecule has 2 fully saturated rings. The van der Waals surface area contributed by atoms with Gasteiger partial charge in [0.25, 0.3) is 0 Å². The summed E-state index contributed by atoms with van der Waals surface area (Å²) in [6.45, 7) is -1.72. The number of nitrogens with zero attached hydrogens (tertiary/aromatic N) is 1. The van der Waals surface area contributed by atoms with Gasteiger partial charge in [-0.05, 0) is 11.5 Å². The summed E-state index contributed by atoms with van der Waals surface area (Å²) < 4.78 is 13.2. The second-order valence-electron chi connectivity index (χ2n) is 5.63. The first kappa shape index (κ1) is 11.9. The molecular formula is C13H12BNO4S. The molecule has 0 radical (unpaired) electrons. The van der Waals surface area contributed by atoms with Gasteiger partial charge in [-0.1, -0.05) is 24.3 Å². The zero-order chi connectivity index (χ0) is 14.0. The molecule has 0 atom stereocenters. The Morgan fingerprint density at radius 2 is 1.80 bits per heavy atom. The maximum Gasteiger partial charge on any atom is 0.624 e. The first-order chi connectivity index (χ1) is 9.52. The number of hydrogen-bond donors (Lipinski definition) is 0. The highest BCUT2D eigenvalue weighted by atomic mass is 32.1. The maximum atomic E-state index is 11.8. The highest BCUT2D eigenvalue weighted by Crippen LogP contribution is 2.36. The van der Waals surface area contributed by atoms with E-state index >= 15 is 0 Å². The van der Waals surface area contributed by atoms with Crippen LogP contribution in [0.5, 0.6) is 0 Å². The van der Waals surface area contributed by atoms with Crippen molar-refractivity contribution in [3.63, 3.8) is 0 Å². The third-order valence-electron chi connectivity index (χ3n) is 4.19. The van der Waals surface area contributed by atoms with Crippen LogP contribution in [0.4, 0.5) is 0 Å². The minimum absolute atomic E-state index is 0.181. The molecule has 0 aliphatic carbocycles. The molecule has 5 nitrogen and oxygen atoms in total. The van der Waals surface area contributed by atoms with Crippen molar-refractivity contribution in [3.8, 4) is 0 Å². The fourth-order valence-electron chi connectivity index (χ4n) is 3.20. The van der Waals surface area contributed by atoms with Gasteiger partial charge in [0.15, 0.2) is 0 Å². The number of rotatable bonds is 1. The lowest BCUT2D eigenvalue weighted by molar-refractivity contribution is -0.791. The number of carbonyl (C=O) groups excluding carboxylic acids is 2. The highest BCUT2D eigenvalue weighted by Gasteiger charge is 2.66. The summed E-state index contributed by atoms with van der Waals surface area (Å²) in [5.74, 6) is -0.616. The lowest BCUT2D eigenvalue weighted by Gasteiger charge is -2.38. The molecule has 2 aromatic rings. The molecule has 2 saturated heterocycles. The smallest absolute Gasteiger partial charge is 0.596 e. The van der Waals surface area contributed by atoms with Gasteiger partial charge in [-0.25, -0.2) is 0 Å². The van der Waals surface area contributed by atoms with Gasteiger partial charge in [0.1, 0.15) is 13.1 Å². The molecule has 102 valence electrons. The minimum atomic E-state index is -2.08. The molecule has 2 aliphatic rings. The molecule has 0 N–H and O–H groups in total. The standard InChI is InChI=1S/C13H12BNO4S/c1-15-7-12(16)18-14(15,19-13(17)8-15)11-6-9-4-2-3-5-10(9)20-11/h2-6H,7-8H2,1H3.